The molecule has 0 saturated carbocycles. The van der Waals surface area contributed by atoms with Crippen molar-refractivity contribution in [3.63, 3.8) is 0 Å². The molecular formula is C23H37IN6. The van der Waals surface area contributed by atoms with E-state index in [1.54, 1.807) is 0 Å². The van der Waals surface area contributed by atoms with Crippen LogP contribution in [-0.2, 0) is 20.1 Å². The van der Waals surface area contributed by atoms with Gasteiger partial charge in [-0.15, -0.1) is 24.0 Å². The van der Waals surface area contributed by atoms with E-state index in [4.69, 9.17) is 4.99 Å². The van der Waals surface area contributed by atoms with E-state index in [0.717, 1.165) is 30.7 Å². The molecule has 1 aromatic heterocycles. The van der Waals surface area contributed by atoms with Gasteiger partial charge in [0.05, 0.1) is 12.2 Å². The summed E-state index contributed by atoms with van der Waals surface area (Å²) in [5.74, 6) is 1.69. The van der Waals surface area contributed by atoms with Gasteiger partial charge in [0.25, 0.3) is 0 Å². The maximum Gasteiger partial charge on any atom is 0.191 e. The van der Waals surface area contributed by atoms with Crippen LogP contribution in [0.4, 0.5) is 5.69 Å². The van der Waals surface area contributed by atoms with E-state index in [9.17, 15) is 0 Å². The zero-order valence-corrected chi connectivity index (χ0v) is 21.4. The maximum absolute atomic E-state index is 4.77. The van der Waals surface area contributed by atoms with Gasteiger partial charge >= 0.3 is 0 Å². The molecule has 2 aromatic rings. The van der Waals surface area contributed by atoms with Gasteiger partial charge in [0.1, 0.15) is 0 Å². The summed E-state index contributed by atoms with van der Waals surface area (Å²) in [5, 5.41) is 11.3. The van der Waals surface area contributed by atoms with Gasteiger partial charge in [0, 0.05) is 50.2 Å². The highest BCUT2D eigenvalue weighted by molar-refractivity contribution is 14.0. The molecule has 30 heavy (non-hydrogen) atoms. The molecule has 2 N–H and O–H groups in total. The number of aliphatic imine (C=N–C) groups is 1. The van der Waals surface area contributed by atoms with Gasteiger partial charge in [-0.05, 0) is 57.2 Å². The molecule has 1 aliphatic rings. The number of rotatable bonds is 6. The molecule has 166 valence electrons. The molecular weight excluding hydrogens is 487 g/mol. The molecule has 2 heterocycles. The highest BCUT2D eigenvalue weighted by atomic mass is 127. The number of nitrogens with zero attached hydrogens (tertiary/aromatic N) is 4. The number of aromatic nitrogens is 2. The van der Waals surface area contributed by atoms with E-state index in [1.807, 2.05) is 11.7 Å². The standard InChI is InChI=1S/C23H36N6.HI/c1-6-24-23(26-16-22-18(3)27-28(5)19(22)4)25-15-20-7-9-21(10-8-20)29-13-11-17(2)12-14-29;/h7-10,17H,6,11-16H2,1-5H3,(H2,24,25,26);1H. The van der Waals surface area contributed by atoms with Crippen LogP contribution in [0.3, 0.4) is 0 Å². The maximum atomic E-state index is 4.77. The Morgan fingerprint density at radius 3 is 2.37 bits per heavy atom. The Morgan fingerprint density at radius 2 is 1.80 bits per heavy atom. The lowest BCUT2D eigenvalue weighted by Gasteiger charge is -2.32. The molecule has 0 aliphatic carbocycles. The molecule has 0 spiro atoms. The molecule has 1 aliphatic heterocycles. The van der Waals surface area contributed by atoms with Gasteiger partial charge in [-0.2, -0.15) is 5.10 Å². The molecule has 0 radical (unpaired) electrons. The van der Waals surface area contributed by atoms with Crippen molar-refractivity contribution >= 4 is 35.6 Å². The predicted octanol–water partition coefficient (Wildman–Crippen LogP) is 4.15. The number of hydrogen-bond acceptors (Lipinski definition) is 3. The SMILES string of the molecule is CCNC(=NCc1ccc(N2CCC(C)CC2)cc1)NCc1c(C)nn(C)c1C.I. The summed E-state index contributed by atoms with van der Waals surface area (Å²) in [5.41, 5.74) is 6.05. The minimum Gasteiger partial charge on any atom is -0.372 e. The van der Waals surface area contributed by atoms with Gasteiger partial charge in [0.15, 0.2) is 5.96 Å². The van der Waals surface area contributed by atoms with E-state index in [2.05, 4.69) is 72.6 Å². The van der Waals surface area contributed by atoms with Gasteiger partial charge in [0.2, 0.25) is 0 Å². The van der Waals surface area contributed by atoms with Gasteiger partial charge in [-0.1, -0.05) is 19.1 Å². The molecule has 6 nitrogen and oxygen atoms in total. The monoisotopic (exact) mass is 524 g/mol. The Balaban J connectivity index is 0.00000320. The Kier molecular flexibility index (Phi) is 9.45. The lowest BCUT2D eigenvalue weighted by molar-refractivity contribution is 0.438. The Hall–Kier alpha value is -1.77. The summed E-state index contributed by atoms with van der Waals surface area (Å²) in [4.78, 5) is 7.27. The van der Waals surface area contributed by atoms with Crippen LogP contribution in [0.25, 0.3) is 0 Å². The summed E-state index contributed by atoms with van der Waals surface area (Å²) in [6, 6.07) is 8.89. The number of anilines is 1. The van der Waals surface area contributed by atoms with Crippen molar-refractivity contribution in [3.8, 4) is 0 Å². The van der Waals surface area contributed by atoms with Crippen LogP contribution in [0.2, 0.25) is 0 Å². The number of nitrogens with one attached hydrogen (secondary N) is 2. The third-order valence-electron chi connectivity index (χ3n) is 5.94. The van der Waals surface area contributed by atoms with Crippen LogP contribution in [0.5, 0.6) is 0 Å². The van der Waals surface area contributed by atoms with Gasteiger partial charge in [-0.25, -0.2) is 4.99 Å². The number of benzene rings is 1. The predicted molar refractivity (Wildman–Crippen MR) is 137 cm³/mol. The Morgan fingerprint density at radius 1 is 1.13 bits per heavy atom. The van der Waals surface area contributed by atoms with E-state index in [-0.39, 0.29) is 24.0 Å². The van der Waals surface area contributed by atoms with Crippen LogP contribution in [0.15, 0.2) is 29.3 Å². The molecule has 1 saturated heterocycles. The summed E-state index contributed by atoms with van der Waals surface area (Å²) in [7, 11) is 1.99. The molecule has 7 heteroatoms. The number of piperidine rings is 1. The quantitative estimate of drug-likeness (QED) is 0.339. The van der Waals surface area contributed by atoms with Crippen molar-refractivity contribution in [3.05, 3.63) is 46.8 Å². The van der Waals surface area contributed by atoms with Crippen molar-refractivity contribution < 1.29 is 0 Å². The van der Waals surface area contributed by atoms with E-state index < -0.39 is 0 Å². The van der Waals surface area contributed by atoms with Crippen LogP contribution in [0, 0.1) is 19.8 Å². The van der Waals surface area contributed by atoms with Crippen molar-refractivity contribution in [2.45, 2.75) is 53.6 Å². The van der Waals surface area contributed by atoms with Crippen LogP contribution in [-0.4, -0.2) is 35.4 Å². The topological polar surface area (TPSA) is 57.5 Å². The minimum atomic E-state index is 0. The van der Waals surface area contributed by atoms with E-state index in [1.165, 1.54) is 48.4 Å². The lowest BCUT2D eigenvalue weighted by Crippen LogP contribution is -2.37. The zero-order valence-electron chi connectivity index (χ0n) is 19.0. The first-order valence-electron chi connectivity index (χ1n) is 10.8. The molecule has 3 rings (SSSR count). The highest BCUT2D eigenvalue weighted by Crippen LogP contribution is 2.23. The van der Waals surface area contributed by atoms with Gasteiger partial charge < -0.3 is 15.5 Å². The van der Waals surface area contributed by atoms with Crippen molar-refractivity contribution in [2.75, 3.05) is 24.5 Å². The number of aryl methyl sites for hydroxylation is 2. The molecule has 1 aromatic carbocycles. The Labute approximate surface area is 198 Å². The Bertz CT molecular complexity index is 819. The summed E-state index contributed by atoms with van der Waals surface area (Å²) < 4.78 is 1.93. The molecule has 0 amide bonds. The van der Waals surface area contributed by atoms with Crippen LogP contribution < -0.4 is 15.5 Å². The average Bonchev–Trinajstić information content (AvgIpc) is 2.96. The molecule has 1 fully saturated rings. The molecule has 0 atom stereocenters. The second-order valence-corrected chi connectivity index (χ2v) is 8.16. The molecule has 0 unspecified atom stereocenters. The third kappa shape index (κ3) is 6.36. The lowest BCUT2D eigenvalue weighted by atomic mass is 9.99. The van der Waals surface area contributed by atoms with Crippen molar-refractivity contribution in [2.24, 2.45) is 18.0 Å². The van der Waals surface area contributed by atoms with Crippen molar-refractivity contribution in [1.29, 1.82) is 0 Å². The second-order valence-electron chi connectivity index (χ2n) is 8.16. The number of guanidine groups is 1. The second kappa shape index (κ2) is 11.6. The third-order valence-corrected chi connectivity index (χ3v) is 5.94. The first-order chi connectivity index (χ1) is 14.0. The first kappa shape index (κ1) is 24.5. The van der Waals surface area contributed by atoms with Crippen LogP contribution >= 0.6 is 24.0 Å². The van der Waals surface area contributed by atoms with E-state index >= 15 is 0 Å². The summed E-state index contributed by atoms with van der Waals surface area (Å²) in [6.07, 6.45) is 2.58. The highest BCUT2D eigenvalue weighted by Gasteiger charge is 2.15. The normalized spacial score (nSPS) is 15.1. The number of hydrogen-bond donors (Lipinski definition) is 2. The summed E-state index contributed by atoms with van der Waals surface area (Å²) in [6.45, 7) is 13.2. The zero-order chi connectivity index (χ0) is 20.8. The fourth-order valence-electron chi connectivity index (χ4n) is 3.84. The first-order valence-corrected chi connectivity index (χ1v) is 10.8. The largest absolute Gasteiger partial charge is 0.372 e. The summed E-state index contributed by atoms with van der Waals surface area (Å²) >= 11 is 0. The fourth-order valence-corrected chi connectivity index (χ4v) is 3.84. The smallest absolute Gasteiger partial charge is 0.191 e. The van der Waals surface area contributed by atoms with Gasteiger partial charge in [-0.3, -0.25) is 4.68 Å². The van der Waals surface area contributed by atoms with E-state index in [0.29, 0.717) is 6.54 Å². The molecule has 0 bridgehead atoms. The number of halogens is 1. The van der Waals surface area contributed by atoms with Crippen LogP contribution in [0.1, 0.15) is 49.2 Å². The van der Waals surface area contributed by atoms with Crippen molar-refractivity contribution in [1.82, 2.24) is 20.4 Å². The fraction of sp³-hybridized carbons (Fsp3) is 0.565. The minimum absolute atomic E-state index is 0. The average molecular weight is 524 g/mol.